The third-order valence-electron chi connectivity index (χ3n) is 3.62. The van der Waals surface area contributed by atoms with Gasteiger partial charge in [0.15, 0.2) is 0 Å². The summed E-state index contributed by atoms with van der Waals surface area (Å²) in [5.74, 6) is -0.942. The van der Waals surface area contributed by atoms with Gasteiger partial charge in [0.05, 0.1) is 24.5 Å². The smallest absolute Gasteiger partial charge is 0.355 e. The van der Waals surface area contributed by atoms with Crippen LogP contribution in [0.3, 0.4) is 0 Å². The number of ether oxygens (including phenoxy) is 2. The molecule has 0 aromatic carbocycles. The number of nitrogens with one attached hydrogen (secondary N) is 2. The van der Waals surface area contributed by atoms with Crippen LogP contribution < -0.4 is 5.32 Å². The molecule has 2 heterocycles. The van der Waals surface area contributed by atoms with Crippen LogP contribution >= 0.6 is 0 Å². The van der Waals surface area contributed by atoms with E-state index in [9.17, 15) is 9.59 Å². The highest BCUT2D eigenvalue weighted by molar-refractivity contribution is 5.98. The van der Waals surface area contributed by atoms with Crippen molar-refractivity contribution in [3.63, 3.8) is 0 Å². The number of hydrogen-bond donors (Lipinski definition) is 2. The highest BCUT2D eigenvalue weighted by Gasteiger charge is 2.25. The second-order valence-corrected chi connectivity index (χ2v) is 5.34. The lowest BCUT2D eigenvalue weighted by Gasteiger charge is -2.07. The summed E-state index contributed by atoms with van der Waals surface area (Å²) in [5, 5.41) is 3.21. The third-order valence-corrected chi connectivity index (χ3v) is 3.62. The van der Waals surface area contributed by atoms with Crippen LogP contribution in [-0.4, -0.2) is 35.1 Å². The van der Waals surface area contributed by atoms with Crippen LogP contribution in [0.25, 0.3) is 0 Å². The van der Waals surface area contributed by atoms with Crippen molar-refractivity contribution in [3.8, 4) is 0 Å². The molecule has 2 aromatic rings. The van der Waals surface area contributed by atoms with E-state index in [4.69, 9.17) is 9.47 Å². The molecular weight excluding hydrogens is 322 g/mol. The van der Waals surface area contributed by atoms with E-state index in [0.717, 1.165) is 5.69 Å². The van der Waals surface area contributed by atoms with Crippen LogP contribution in [-0.2, 0) is 22.6 Å². The summed E-state index contributed by atoms with van der Waals surface area (Å²) in [6.07, 6.45) is 1.72. The normalized spacial score (nSPS) is 10.5. The van der Waals surface area contributed by atoms with Gasteiger partial charge < -0.3 is 19.8 Å². The van der Waals surface area contributed by atoms with Gasteiger partial charge in [-0.25, -0.2) is 9.59 Å². The van der Waals surface area contributed by atoms with E-state index in [2.05, 4.69) is 15.3 Å². The van der Waals surface area contributed by atoms with Crippen molar-refractivity contribution >= 4 is 11.9 Å². The molecule has 2 aromatic heterocycles. The van der Waals surface area contributed by atoms with E-state index in [1.165, 1.54) is 0 Å². The molecule has 0 bridgehead atoms. The molecule has 0 radical (unpaired) electrons. The third kappa shape index (κ3) is 4.67. The summed E-state index contributed by atoms with van der Waals surface area (Å²) in [4.78, 5) is 31.6. The predicted molar refractivity (Wildman–Crippen MR) is 92.2 cm³/mol. The second kappa shape index (κ2) is 8.98. The average Bonchev–Trinajstić information content (AvgIpc) is 2.93. The first-order chi connectivity index (χ1) is 12.1. The molecule has 25 heavy (non-hydrogen) atoms. The molecule has 0 aliphatic carbocycles. The first-order valence-corrected chi connectivity index (χ1v) is 8.24. The maximum absolute atomic E-state index is 12.3. The quantitative estimate of drug-likeness (QED) is 0.714. The summed E-state index contributed by atoms with van der Waals surface area (Å²) < 4.78 is 10.2. The van der Waals surface area contributed by atoms with Crippen molar-refractivity contribution in [2.75, 3.05) is 13.2 Å². The number of carbonyl (C=O) groups is 2. The second-order valence-electron chi connectivity index (χ2n) is 5.34. The van der Waals surface area contributed by atoms with Crippen molar-refractivity contribution in [2.24, 2.45) is 0 Å². The molecule has 0 amide bonds. The number of nitrogens with zero attached hydrogens (tertiary/aromatic N) is 1. The summed E-state index contributed by atoms with van der Waals surface area (Å²) in [6.45, 7) is 6.61. The minimum Gasteiger partial charge on any atom is -0.462 e. The first kappa shape index (κ1) is 18.7. The SMILES string of the molecule is CCOC(=O)c1[nH]c(CNCc2ccccn2)c(C(=O)OCC)c1C. The Bertz CT molecular complexity index is 725. The Kier molecular flexibility index (Phi) is 6.71. The van der Waals surface area contributed by atoms with Crippen LogP contribution in [0, 0.1) is 6.92 Å². The van der Waals surface area contributed by atoms with Crippen molar-refractivity contribution < 1.29 is 19.1 Å². The van der Waals surface area contributed by atoms with Crippen LogP contribution in [0.15, 0.2) is 24.4 Å². The molecule has 0 saturated carbocycles. The largest absolute Gasteiger partial charge is 0.462 e. The highest BCUT2D eigenvalue weighted by Crippen LogP contribution is 2.21. The monoisotopic (exact) mass is 345 g/mol. The Morgan fingerprint density at radius 2 is 1.84 bits per heavy atom. The predicted octanol–water partition coefficient (Wildman–Crippen LogP) is 2.36. The summed E-state index contributed by atoms with van der Waals surface area (Å²) >= 11 is 0. The molecule has 7 nitrogen and oxygen atoms in total. The molecule has 0 fully saturated rings. The number of carbonyl (C=O) groups excluding carboxylic acids is 2. The Morgan fingerprint density at radius 1 is 1.12 bits per heavy atom. The minimum atomic E-state index is -0.485. The molecule has 2 N–H and O–H groups in total. The van der Waals surface area contributed by atoms with E-state index < -0.39 is 11.9 Å². The molecule has 0 aliphatic heterocycles. The first-order valence-electron chi connectivity index (χ1n) is 8.24. The van der Waals surface area contributed by atoms with Crippen LogP contribution in [0.4, 0.5) is 0 Å². The van der Waals surface area contributed by atoms with Crippen LogP contribution in [0.2, 0.25) is 0 Å². The van der Waals surface area contributed by atoms with Gasteiger partial charge in [0.1, 0.15) is 5.69 Å². The van der Waals surface area contributed by atoms with Gasteiger partial charge in [-0.05, 0) is 38.5 Å². The van der Waals surface area contributed by atoms with Crippen molar-refractivity contribution in [3.05, 3.63) is 52.6 Å². The average molecular weight is 345 g/mol. The van der Waals surface area contributed by atoms with Gasteiger partial charge in [-0.2, -0.15) is 0 Å². The van der Waals surface area contributed by atoms with Crippen molar-refractivity contribution in [1.29, 1.82) is 0 Å². The molecule has 0 aliphatic rings. The molecule has 2 rings (SSSR count). The Labute approximate surface area is 146 Å². The standard InChI is InChI=1S/C18H23N3O4/c1-4-24-17(22)15-12(3)16(18(23)25-5-2)21-14(15)11-19-10-13-8-6-7-9-20-13/h6-9,19,21H,4-5,10-11H2,1-3H3. The van der Waals surface area contributed by atoms with E-state index in [-0.39, 0.29) is 18.9 Å². The zero-order valence-corrected chi connectivity index (χ0v) is 14.7. The number of hydrogen-bond acceptors (Lipinski definition) is 6. The zero-order chi connectivity index (χ0) is 18.2. The number of H-pyrrole nitrogens is 1. The van der Waals surface area contributed by atoms with E-state index in [1.807, 2.05) is 18.2 Å². The Hall–Kier alpha value is -2.67. The van der Waals surface area contributed by atoms with Crippen LogP contribution in [0.1, 0.15) is 51.6 Å². The number of pyridine rings is 1. The minimum absolute atomic E-state index is 0.263. The lowest BCUT2D eigenvalue weighted by molar-refractivity contribution is 0.0517. The van der Waals surface area contributed by atoms with Gasteiger partial charge in [0, 0.05) is 25.0 Å². The van der Waals surface area contributed by atoms with E-state index in [1.54, 1.807) is 27.0 Å². The van der Waals surface area contributed by atoms with Crippen molar-refractivity contribution in [1.82, 2.24) is 15.3 Å². The fourth-order valence-electron chi connectivity index (χ4n) is 2.50. The maximum Gasteiger partial charge on any atom is 0.355 e. The number of rotatable bonds is 8. The van der Waals surface area contributed by atoms with Gasteiger partial charge >= 0.3 is 11.9 Å². The lowest BCUT2D eigenvalue weighted by atomic mass is 10.1. The maximum atomic E-state index is 12.3. The van der Waals surface area contributed by atoms with Gasteiger partial charge in [-0.15, -0.1) is 0 Å². The van der Waals surface area contributed by atoms with Crippen molar-refractivity contribution in [2.45, 2.75) is 33.9 Å². The Balaban J connectivity index is 2.20. The van der Waals surface area contributed by atoms with Gasteiger partial charge in [0.2, 0.25) is 0 Å². The summed E-state index contributed by atoms with van der Waals surface area (Å²) in [5.41, 5.74) is 2.66. The highest BCUT2D eigenvalue weighted by atomic mass is 16.5. The lowest BCUT2D eigenvalue weighted by Crippen LogP contribution is -2.17. The number of aromatic nitrogens is 2. The van der Waals surface area contributed by atoms with Crippen LogP contribution in [0.5, 0.6) is 0 Å². The van der Waals surface area contributed by atoms with E-state index in [0.29, 0.717) is 29.9 Å². The molecular formula is C18H23N3O4. The summed E-state index contributed by atoms with van der Waals surface area (Å²) in [7, 11) is 0. The van der Waals surface area contributed by atoms with Gasteiger partial charge in [-0.1, -0.05) is 6.07 Å². The molecule has 0 spiro atoms. The summed E-state index contributed by atoms with van der Waals surface area (Å²) in [6, 6.07) is 5.66. The topological polar surface area (TPSA) is 93.3 Å². The molecule has 0 saturated heterocycles. The molecule has 7 heteroatoms. The zero-order valence-electron chi connectivity index (χ0n) is 14.7. The number of aromatic amines is 1. The fraction of sp³-hybridized carbons (Fsp3) is 0.389. The Morgan fingerprint density at radius 3 is 2.48 bits per heavy atom. The van der Waals surface area contributed by atoms with E-state index >= 15 is 0 Å². The number of esters is 2. The molecule has 0 atom stereocenters. The van der Waals surface area contributed by atoms with Gasteiger partial charge in [-0.3, -0.25) is 4.98 Å². The van der Waals surface area contributed by atoms with Gasteiger partial charge in [0.25, 0.3) is 0 Å². The molecule has 134 valence electrons. The molecule has 0 unspecified atom stereocenters. The fourth-order valence-corrected chi connectivity index (χ4v) is 2.50.